The predicted octanol–water partition coefficient (Wildman–Crippen LogP) is 1.54. The van der Waals surface area contributed by atoms with Gasteiger partial charge < -0.3 is 10.6 Å². The van der Waals surface area contributed by atoms with Crippen molar-refractivity contribution in [2.24, 2.45) is 5.92 Å². The molecule has 2 atom stereocenters. The number of amides is 1. The van der Waals surface area contributed by atoms with E-state index in [1.165, 1.54) is 4.88 Å². The van der Waals surface area contributed by atoms with E-state index < -0.39 is 0 Å². The molecule has 0 aliphatic carbocycles. The molecule has 0 saturated carbocycles. The quantitative estimate of drug-likeness (QED) is 0.884. The number of hydrogen-bond donors (Lipinski definition) is 2. The Bertz CT molecular complexity index is 600. The molecule has 3 rings (SSSR count). The number of rotatable bonds is 4. The summed E-state index contributed by atoms with van der Waals surface area (Å²) in [7, 11) is 0. The molecule has 2 aromatic rings. The number of halogens is 1. The summed E-state index contributed by atoms with van der Waals surface area (Å²) in [5.74, 6) is 0.301. The summed E-state index contributed by atoms with van der Waals surface area (Å²) in [4.78, 5) is 13.4. The van der Waals surface area contributed by atoms with Gasteiger partial charge in [-0.05, 0) is 36.9 Å². The van der Waals surface area contributed by atoms with Crippen LogP contribution in [0.3, 0.4) is 0 Å². The normalized spacial score (nSPS) is 21.1. The zero-order valence-electron chi connectivity index (χ0n) is 12.4. The molecule has 1 fully saturated rings. The zero-order valence-corrected chi connectivity index (χ0v) is 14.0. The first-order chi connectivity index (χ1) is 10.2. The summed E-state index contributed by atoms with van der Waals surface area (Å²) in [5, 5.41) is 16.4. The molecule has 120 valence electrons. The van der Waals surface area contributed by atoms with Crippen LogP contribution in [0.15, 0.2) is 23.7 Å². The maximum absolute atomic E-state index is 12.2. The molecule has 3 heterocycles. The minimum absolute atomic E-state index is 0. The first-order valence-corrected chi connectivity index (χ1v) is 8.04. The second kappa shape index (κ2) is 7.71. The number of piperidine rings is 1. The first-order valence-electron chi connectivity index (χ1n) is 7.16. The predicted molar refractivity (Wildman–Crippen MR) is 88.6 cm³/mol. The molecule has 1 amide bonds. The highest BCUT2D eigenvalue weighted by molar-refractivity contribution is 7.09. The lowest BCUT2D eigenvalue weighted by Gasteiger charge is -2.29. The van der Waals surface area contributed by atoms with E-state index >= 15 is 0 Å². The molecule has 2 aromatic heterocycles. The van der Waals surface area contributed by atoms with E-state index in [1.807, 2.05) is 17.5 Å². The first kappa shape index (κ1) is 16.9. The van der Waals surface area contributed by atoms with Crippen molar-refractivity contribution in [1.29, 1.82) is 0 Å². The van der Waals surface area contributed by atoms with Crippen LogP contribution in [0.5, 0.6) is 0 Å². The van der Waals surface area contributed by atoms with Gasteiger partial charge in [0.15, 0.2) is 5.69 Å². The fourth-order valence-corrected chi connectivity index (χ4v) is 3.21. The van der Waals surface area contributed by atoms with Gasteiger partial charge in [-0.3, -0.25) is 4.79 Å². The third-order valence-electron chi connectivity index (χ3n) is 3.77. The van der Waals surface area contributed by atoms with Gasteiger partial charge in [-0.15, -0.1) is 28.8 Å². The number of nitrogens with zero attached hydrogens (tertiary/aromatic N) is 3. The van der Waals surface area contributed by atoms with Crippen LogP contribution in [0.2, 0.25) is 0 Å². The van der Waals surface area contributed by atoms with Crippen LogP contribution in [-0.2, 0) is 6.54 Å². The molecule has 0 radical (unpaired) electrons. The van der Waals surface area contributed by atoms with Crippen LogP contribution in [0, 0.1) is 5.92 Å². The lowest BCUT2D eigenvalue weighted by Crippen LogP contribution is -2.48. The van der Waals surface area contributed by atoms with Crippen LogP contribution < -0.4 is 10.6 Å². The lowest BCUT2D eigenvalue weighted by molar-refractivity contribution is 0.0909. The fraction of sp³-hybridized carbons (Fsp3) is 0.500. The number of carbonyl (C=O) groups is 1. The molecular formula is C14H20ClN5OS. The molecule has 2 N–H and O–H groups in total. The zero-order chi connectivity index (χ0) is 14.7. The minimum Gasteiger partial charge on any atom is -0.347 e. The number of thiophene rings is 1. The van der Waals surface area contributed by atoms with E-state index in [-0.39, 0.29) is 24.4 Å². The molecule has 0 aromatic carbocycles. The van der Waals surface area contributed by atoms with Crippen LogP contribution >= 0.6 is 23.7 Å². The number of aromatic nitrogens is 3. The molecule has 1 aliphatic rings. The standard InChI is InChI=1S/C14H19N5OS.ClH/c1-10-7-15-5-4-12(10)16-14(20)13-9-19(18-17-13)8-11-3-2-6-21-11;/h2-3,6,9-10,12,15H,4-5,7-8H2,1H3,(H,16,20);1H. The van der Waals surface area contributed by atoms with E-state index in [0.717, 1.165) is 19.5 Å². The van der Waals surface area contributed by atoms with Crippen molar-refractivity contribution in [3.63, 3.8) is 0 Å². The lowest BCUT2D eigenvalue weighted by atomic mass is 9.95. The van der Waals surface area contributed by atoms with Crippen molar-refractivity contribution in [1.82, 2.24) is 25.6 Å². The molecule has 2 unspecified atom stereocenters. The van der Waals surface area contributed by atoms with Crippen LogP contribution in [0.1, 0.15) is 28.7 Å². The average Bonchev–Trinajstić information content (AvgIpc) is 3.13. The van der Waals surface area contributed by atoms with Gasteiger partial charge in [-0.25, -0.2) is 4.68 Å². The maximum Gasteiger partial charge on any atom is 0.273 e. The largest absolute Gasteiger partial charge is 0.347 e. The van der Waals surface area contributed by atoms with Gasteiger partial charge in [0.25, 0.3) is 5.91 Å². The topological polar surface area (TPSA) is 71.8 Å². The molecule has 6 nitrogen and oxygen atoms in total. The number of carbonyl (C=O) groups excluding carboxylic acids is 1. The Kier molecular flexibility index (Phi) is 5.93. The smallest absolute Gasteiger partial charge is 0.273 e. The van der Waals surface area contributed by atoms with Crippen molar-refractivity contribution in [3.8, 4) is 0 Å². The van der Waals surface area contributed by atoms with Gasteiger partial charge in [0, 0.05) is 10.9 Å². The third-order valence-corrected chi connectivity index (χ3v) is 4.63. The van der Waals surface area contributed by atoms with E-state index in [9.17, 15) is 4.79 Å². The molecule has 0 spiro atoms. The van der Waals surface area contributed by atoms with E-state index in [4.69, 9.17) is 0 Å². The summed E-state index contributed by atoms with van der Waals surface area (Å²) in [6.45, 7) is 4.68. The van der Waals surface area contributed by atoms with Gasteiger partial charge in [0.2, 0.25) is 0 Å². The number of hydrogen-bond acceptors (Lipinski definition) is 5. The third kappa shape index (κ3) is 4.06. The Labute approximate surface area is 139 Å². The SMILES string of the molecule is CC1CNCCC1NC(=O)c1cn(Cc2cccs2)nn1.Cl. The van der Waals surface area contributed by atoms with Crippen molar-refractivity contribution in [2.75, 3.05) is 13.1 Å². The summed E-state index contributed by atoms with van der Waals surface area (Å²) in [6, 6.07) is 4.26. The Morgan fingerprint density at radius 2 is 2.45 bits per heavy atom. The molecular weight excluding hydrogens is 322 g/mol. The van der Waals surface area contributed by atoms with Crippen molar-refractivity contribution >= 4 is 29.7 Å². The van der Waals surface area contributed by atoms with Crippen LogP contribution in [0.25, 0.3) is 0 Å². The molecule has 1 saturated heterocycles. The minimum atomic E-state index is -0.133. The molecule has 8 heteroatoms. The summed E-state index contributed by atoms with van der Waals surface area (Å²) in [6.07, 6.45) is 2.66. The van der Waals surface area contributed by atoms with Crippen molar-refractivity contribution < 1.29 is 4.79 Å². The maximum atomic E-state index is 12.2. The molecule has 0 bridgehead atoms. The summed E-state index contributed by atoms with van der Waals surface area (Å²) < 4.78 is 1.70. The highest BCUT2D eigenvalue weighted by Gasteiger charge is 2.24. The van der Waals surface area contributed by atoms with Gasteiger partial charge in [0.1, 0.15) is 0 Å². The van der Waals surface area contributed by atoms with Crippen molar-refractivity contribution in [2.45, 2.75) is 25.9 Å². The van der Waals surface area contributed by atoms with Gasteiger partial charge in [-0.1, -0.05) is 18.2 Å². The Balaban J connectivity index is 0.00000176. The number of nitrogens with one attached hydrogen (secondary N) is 2. The highest BCUT2D eigenvalue weighted by atomic mass is 35.5. The van der Waals surface area contributed by atoms with Gasteiger partial charge >= 0.3 is 0 Å². The van der Waals surface area contributed by atoms with E-state index in [1.54, 1.807) is 22.2 Å². The highest BCUT2D eigenvalue weighted by Crippen LogP contribution is 2.12. The summed E-state index contributed by atoms with van der Waals surface area (Å²) in [5.41, 5.74) is 0.386. The monoisotopic (exact) mass is 341 g/mol. The van der Waals surface area contributed by atoms with E-state index in [0.29, 0.717) is 18.2 Å². The molecule has 1 aliphatic heterocycles. The second-order valence-electron chi connectivity index (χ2n) is 5.43. The Morgan fingerprint density at radius 3 is 3.18 bits per heavy atom. The van der Waals surface area contributed by atoms with Crippen LogP contribution in [0.4, 0.5) is 0 Å². The van der Waals surface area contributed by atoms with Crippen LogP contribution in [-0.4, -0.2) is 40.0 Å². The molecule has 22 heavy (non-hydrogen) atoms. The van der Waals surface area contributed by atoms with Gasteiger partial charge in [-0.2, -0.15) is 0 Å². The summed E-state index contributed by atoms with van der Waals surface area (Å²) >= 11 is 1.67. The Hall–Kier alpha value is -1.44. The average molecular weight is 342 g/mol. The Morgan fingerprint density at radius 1 is 1.59 bits per heavy atom. The fourth-order valence-electron chi connectivity index (χ4n) is 2.51. The second-order valence-corrected chi connectivity index (χ2v) is 6.46. The van der Waals surface area contributed by atoms with E-state index in [2.05, 4.69) is 27.9 Å². The van der Waals surface area contributed by atoms with Crippen molar-refractivity contribution in [3.05, 3.63) is 34.3 Å². The van der Waals surface area contributed by atoms with Gasteiger partial charge in [0.05, 0.1) is 12.7 Å².